The number of nitrogens with zero attached hydrogens (tertiary/aromatic N) is 3. The zero-order valence-corrected chi connectivity index (χ0v) is 19.4. The van der Waals surface area contributed by atoms with Gasteiger partial charge in [0.2, 0.25) is 0 Å². The molecule has 1 saturated heterocycles. The number of carbonyl (C=O) groups excluding carboxylic acids is 4. The van der Waals surface area contributed by atoms with Crippen LogP contribution in [-0.2, 0) is 57.1 Å². The normalized spacial score (nSPS) is 23.8. The van der Waals surface area contributed by atoms with Gasteiger partial charge in [-0.1, -0.05) is 5.11 Å². The molecule has 34 heavy (non-hydrogen) atoms. The number of esters is 4. The van der Waals surface area contributed by atoms with Crippen LogP contribution in [0.5, 0.6) is 0 Å². The van der Waals surface area contributed by atoms with Crippen molar-refractivity contribution in [2.75, 3.05) is 46.7 Å². The largest absolute Gasteiger partial charge is 0.467 e. The van der Waals surface area contributed by atoms with E-state index in [1.54, 1.807) is 0 Å². The minimum Gasteiger partial charge on any atom is -0.467 e. The van der Waals surface area contributed by atoms with E-state index in [1.165, 1.54) is 0 Å². The molecule has 1 unspecified atom stereocenters. The highest BCUT2D eigenvalue weighted by atomic mass is 16.7. The summed E-state index contributed by atoms with van der Waals surface area (Å²) in [6, 6.07) is 0. The van der Waals surface area contributed by atoms with Crippen molar-refractivity contribution in [3.8, 4) is 0 Å². The van der Waals surface area contributed by atoms with Gasteiger partial charge in [-0.3, -0.25) is 14.4 Å². The fourth-order valence-electron chi connectivity index (χ4n) is 2.91. The first-order valence-electron chi connectivity index (χ1n) is 10.2. The predicted octanol–water partition coefficient (Wildman–Crippen LogP) is 0.0395. The van der Waals surface area contributed by atoms with Gasteiger partial charge in [0.25, 0.3) is 0 Å². The molecule has 1 fully saturated rings. The van der Waals surface area contributed by atoms with Crippen LogP contribution >= 0.6 is 0 Å². The molecular formula is C19H29N3O12. The summed E-state index contributed by atoms with van der Waals surface area (Å²) in [6.07, 6.45) is -7.15. The topological polar surface area (TPSA) is 191 Å². The molecule has 192 valence electrons. The van der Waals surface area contributed by atoms with Gasteiger partial charge in [-0.15, -0.1) is 0 Å². The van der Waals surface area contributed by atoms with Crippen molar-refractivity contribution in [3.63, 3.8) is 0 Å². The van der Waals surface area contributed by atoms with Crippen LogP contribution in [0.2, 0.25) is 0 Å². The van der Waals surface area contributed by atoms with Crippen LogP contribution in [0.4, 0.5) is 0 Å². The van der Waals surface area contributed by atoms with E-state index in [0.29, 0.717) is 0 Å². The molecule has 1 aliphatic rings. The Kier molecular flexibility index (Phi) is 13.5. The minimum atomic E-state index is -1.53. The lowest BCUT2D eigenvalue weighted by molar-refractivity contribution is -0.302. The summed E-state index contributed by atoms with van der Waals surface area (Å²) >= 11 is 0. The average molecular weight is 491 g/mol. The molecule has 0 aliphatic carbocycles. The Labute approximate surface area is 195 Å². The maximum Gasteiger partial charge on any atom is 0.339 e. The maximum absolute atomic E-state index is 12.3. The minimum absolute atomic E-state index is 0.0694. The molecule has 15 nitrogen and oxygen atoms in total. The maximum atomic E-state index is 12.3. The van der Waals surface area contributed by atoms with Crippen molar-refractivity contribution in [3.05, 3.63) is 10.4 Å². The van der Waals surface area contributed by atoms with Crippen molar-refractivity contribution in [2.24, 2.45) is 5.11 Å². The van der Waals surface area contributed by atoms with Crippen molar-refractivity contribution < 1.29 is 57.1 Å². The van der Waals surface area contributed by atoms with Gasteiger partial charge in [0.1, 0.15) is 0 Å². The molecule has 0 aromatic rings. The second-order valence-corrected chi connectivity index (χ2v) is 6.72. The number of azide groups is 1. The van der Waals surface area contributed by atoms with Crippen molar-refractivity contribution in [1.29, 1.82) is 0 Å². The Morgan fingerprint density at radius 3 is 1.91 bits per heavy atom. The van der Waals surface area contributed by atoms with E-state index in [2.05, 4.69) is 10.0 Å². The number of hydrogen-bond acceptors (Lipinski definition) is 13. The summed E-state index contributed by atoms with van der Waals surface area (Å²) in [6.45, 7) is 4.21. The van der Waals surface area contributed by atoms with Gasteiger partial charge in [-0.05, 0) is 5.53 Å². The third kappa shape index (κ3) is 10.3. The molecule has 15 heteroatoms. The molecular weight excluding hydrogens is 462 g/mol. The summed E-state index contributed by atoms with van der Waals surface area (Å²) in [5.74, 6) is -3.26. The Morgan fingerprint density at radius 2 is 1.35 bits per heavy atom. The first-order valence-corrected chi connectivity index (χ1v) is 10.2. The number of rotatable bonds is 14. The van der Waals surface area contributed by atoms with Crippen LogP contribution in [0.1, 0.15) is 20.8 Å². The van der Waals surface area contributed by atoms with Gasteiger partial charge in [-0.25, -0.2) is 4.79 Å². The molecule has 1 aliphatic heterocycles. The Morgan fingerprint density at radius 1 is 0.824 bits per heavy atom. The number of ether oxygens (including phenoxy) is 8. The van der Waals surface area contributed by atoms with Gasteiger partial charge >= 0.3 is 23.9 Å². The second kappa shape index (κ2) is 15.8. The van der Waals surface area contributed by atoms with Crippen LogP contribution in [-0.4, -0.2) is 101 Å². The Balaban J connectivity index is 2.85. The van der Waals surface area contributed by atoms with Crippen LogP contribution in [0.25, 0.3) is 10.4 Å². The lowest BCUT2D eigenvalue weighted by Gasteiger charge is -2.43. The number of carbonyl (C=O) groups is 4. The van der Waals surface area contributed by atoms with Gasteiger partial charge < -0.3 is 37.9 Å². The highest BCUT2D eigenvalue weighted by molar-refractivity contribution is 5.77. The van der Waals surface area contributed by atoms with Crippen molar-refractivity contribution in [1.82, 2.24) is 0 Å². The van der Waals surface area contributed by atoms with Crippen LogP contribution in [0.3, 0.4) is 0 Å². The third-order valence-electron chi connectivity index (χ3n) is 4.12. The predicted molar refractivity (Wildman–Crippen MR) is 109 cm³/mol. The van der Waals surface area contributed by atoms with Crippen LogP contribution < -0.4 is 0 Å². The second-order valence-electron chi connectivity index (χ2n) is 6.72. The lowest BCUT2D eigenvalue weighted by atomic mass is 9.97. The monoisotopic (exact) mass is 491 g/mol. The standard InChI is InChI=1S/C19H29N3O12/c1-11(23)31-14-15(32-12(2)24)17(33-13(3)25)19(34-16(14)18(26)27-4)30-10-9-29-8-7-28-6-5-21-22-20/h14-17,19H,5-10H2,1-4H3/t14-,15-,16-,17+,19?/m0/s1. The third-order valence-corrected chi connectivity index (χ3v) is 4.12. The van der Waals surface area contributed by atoms with Crippen LogP contribution in [0.15, 0.2) is 5.11 Å². The molecule has 0 amide bonds. The Hall–Kier alpha value is -2.97. The molecule has 0 aromatic carbocycles. The fourth-order valence-corrected chi connectivity index (χ4v) is 2.91. The summed E-state index contributed by atoms with van der Waals surface area (Å²) in [4.78, 5) is 49.9. The van der Waals surface area contributed by atoms with E-state index in [-0.39, 0.29) is 39.6 Å². The zero-order chi connectivity index (χ0) is 25.5. The van der Waals surface area contributed by atoms with Crippen molar-refractivity contribution >= 4 is 23.9 Å². The molecule has 0 N–H and O–H groups in total. The number of hydrogen-bond donors (Lipinski definition) is 0. The fraction of sp³-hybridized carbons (Fsp3) is 0.789. The van der Waals surface area contributed by atoms with Crippen molar-refractivity contribution in [2.45, 2.75) is 51.5 Å². The van der Waals surface area contributed by atoms with E-state index in [4.69, 9.17) is 43.4 Å². The summed E-state index contributed by atoms with van der Waals surface area (Å²) < 4.78 is 42.0. The van der Waals surface area contributed by atoms with E-state index < -0.39 is 54.6 Å². The molecule has 0 bridgehead atoms. The Bertz CT molecular complexity index is 742. The van der Waals surface area contributed by atoms with Gasteiger partial charge in [0.05, 0.1) is 40.1 Å². The van der Waals surface area contributed by atoms with Gasteiger partial charge in [0.15, 0.2) is 30.7 Å². The van der Waals surface area contributed by atoms with Crippen LogP contribution in [0, 0.1) is 0 Å². The van der Waals surface area contributed by atoms with Gasteiger partial charge in [0, 0.05) is 32.2 Å². The summed E-state index contributed by atoms with van der Waals surface area (Å²) in [7, 11) is 1.09. The van der Waals surface area contributed by atoms with E-state index in [1.807, 2.05) is 0 Å². The average Bonchev–Trinajstić information content (AvgIpc) is 2.76. The van der Waals surface area contributed by atoms with E-state index in [9.17, 15) is 19.2 Å². The lowest BCUT2D eigenvalue weighted by Crippen LogP contribution is -2.63. The molecule has 0 saturated carbocycles. The highest BCUT2D eigenvalue weighted by Gasteiger charge is 2.55. The molecule has 0 radical (unpaired) electrons. The molecule has 0 spiro atoms. The van der Waals surface area contributed by atoms with Gasteiger partial charge in [-0.2, -0.15) is 0 Å². The summed E-state index contributed by atoms with van der Waals surface area (Å²) in [5.41, 5.74) is 8.17. The highest BCUT2D eigenvalue weighted by Crippen LogP contribution is 2.30. The SMILES string of the molecule is COC(=O)[C@H]1OC(OCCOCCOCCN=[N+]=[N-])[C@H](OC(C)=O)[C@@H](OC(C)=O)[C@@H]1OC(C)=O. The number of methoxy groups -OCH3 is 1. The molecule has 0 aromatic heterocycles. The first-order chi connectivity index (χ1) is 16.2. The van der Waals surface area contributed by atoms with E-state index >= 15 is 0 Å². The molecule has 1 heterocycles. The smallest absolute Gasteiger partial charge is 0.339 e. The summed E-state index contributed by atoms with van der Waals surface area (Å²) in [5, 5.41) is 3.32. The molecule has 5 atom stereocenters. The zero-order valence-electron chi connectivity index (χ0n) is 19.4. The quantitative estimate of drug-likeness (QED) is 0.0792. The first kappa shape index (κ1) is 29.1. The van der Waals surface area contributed by atoms with E-state index in [0.717, 1.165) is 27.9 Å². The molecule has 1 rings (SSSR count).